The van der Waals surface area contributed by atoms with E-state index in [4.69, 9.17) is 5.73 Å². The molecule has 2 rings (SSSR count). The van der Waals surface area contributed by atoms with Gasteiger partial charge in [0.2, 0.25) is 5.91 Å². The Morgan fingerprint density at radius 1 is 1.42 bits per heavy atom. The first kappa shape index (κ1) is 16.0. The molecule has 0 bridgehead atoms. The van der Waals surface area contributed by atoms with Gasteiger partial charge in [-0.2, -0.15) is 0 Å². The summed E-state index contributed by atoms with van der Waals surface area (Å²) in [6.45, 7) is 5.59. The second-order valence-electron chi connectivity index (χ2n) is 5.31. The predicted molar refractivity (Wildman–Crippen MR) is 80.4 cm³/mol. The van der Waals surface area contributed by atoms with Gasteiger partial charge in [0.1, 0.15) is 0 Å². The van der Waals surface area contributed by atoms with Gasteiger partial charge in [0.05, 0.1) is 5.92 Å². The summed E-state index contributed by atoms with van der Waals surface area (Å²) in [4.78, 5) is 14.5. The highest BCUT2D eigenvalue weighted by atomic mass is 35.5. The molecule has 3 unspecified atom stereocenters. The van der Waals surface area contributed by atoms with E-state index in [9.17, 15) is 4.79 Å². The van der Waals surface area contributed by atoms with Gasteiger partial charge in [0.25, 0.3) is 0 Å². The quantitative estimate of drug-likeness (QED) is 0.925. The molecule has 3 atom stereocenters. The molecule has 19 heavy (non-hydrogen) atoms. The van der Waals surface area contributed by atoms with Crippen molar-refractivity contribution < 1.29 is 4.79 Å². The van der Waals surface area contributed by atoms with Gasteiger partial charge in [0.15, 0.2) is 0 Å². The number of halogens is 1. The second kappa shape index (κ2) is 6.92. The maximum atomic E-state index is 12.5. The van der Waals surface area contributed by atoms with Gasteiger partial charge in [-0.25, -0.2) is 0 Å². The van der Waals surface area contributed by atoms with Crippen molar-refractivity contribution in [1.29, 1.82) is 0 Å². The fraction of sp³-hybridized carbons (Fsp3) is 0.533. The summed E-state index contributed by atoms with van der Waals surface area (Å²) in [6.07, 6.45) is 1.03. The first-order chi connectivity index (χ1) is 8.63. The average molecular weight is 283 g/mol. The summed E-state index contributed by atoms with van der Waals surface area (Å²) in [5, 5.41) is 0. The molecule has 1 saturated heterocycles. The number of amides is 1. The zero-order chi connectivity index (χ0) is 13.1. The van der Waals surface area contributed by atoms with Crippen LogP contribution < -0.4 is 5.73 Å². The van der Waals surface area contributed by atoms with Crippen LogP contribution in [-0.2, 0) is 4.79 Å². The number of hydrogen-bond donors (Lipinski definition) is 1. The molecule has 0 aliphatic carbocycles. The standard InChI is InChI=1S/C15H22N2O.ClH/c1-11-8-13(9-16)10-17(11)15(18)12(2)14-6-4-3-5-7-14;/h3-7,11-13H,8-10,16H2,1-2H3;1H. The van der Waals surface area contributed by atoms with Gasteiger partial charge < -0.3 is 10.6 Å². The summed E-state index contributed by atoms with van der Waals surface area (Å²) >= 11 is 0. The van der Waals surface area contributed by atoms with Crippen LogP contribution in [0.4, 0.5) is 0 Å². The summed E-state index contributed by atoms with van der Waals surface area (Å²) in [7, 11) is 0. The number of nitrogens with zero attached hydrogens (tertiary/aromatic N) is 1. The minimum Gasteiger partial charge on any atom is -0.339 e. The van der Waals surface area contributed by atoms with Gasteiger partial charge in [0, 0.05) is 12.6 Å². The molecule has 0 spiro atoms. The molecule has 1 heterocycles. The molecule has 1 amide bonds. The van der Waals surface area contributed by atoms with E-state index in [1.807, 2.05) is 42.2 Å². The van der Waals surface area contributed by atoms with Crippen molar-refractivity contribution in [2.75, 3.05) is 13.1 Å². The van der Waals surface area contributed by atoms with Crippen LogP contribution in [0.2, 0.25) is 0 Å². The van der Waals surface area contributed by atoms with E-state index in [2.05, 4.69) is 6.92 Å². The summed E-state index contributed by atoms with van der Waals surface area (Å²) in [5.41, 5.74) is 6.80. The molecule has 2 N–H and O–H groups in total. The Morgan fingerprint density at radius 3 is 2.58 bits per heavy atom. The van der Waals surface area contributed by atoms with Gasteiger partial charge in [-0.1, -0.05) is 30.3 Å². The topological polar surface area (TPSA) is 46.3 Å². The maximum absolute atomic E-state index is 12.5. The average Bonchev–Trinajstić information content (AvgIpc) is 2.79. The molecular formula is C15H23ClN2O. The minimum atomic E-state index is -0.0647. The molecule has 4 heteroatoms. The van der Waals surface area contributed by atoms with E-state index < -0.39 is 0 Å². The lowest BCUT2D eigenvalue weighted by Crippen LogP contribution is -2.37. The zero-order valence-electron chi connectivity index (χ0n) is 11.6. The third-order valence-corrected chi connectivity index (χ3v) is 3.95. The molecule has 0 radical (unpaired) electrons. The third-order valence-electron chi connectivity index (χ3n) is 3.95. The molecule has 1 fully saturated rings. The van der Waals surface area contributed by atoms with Crippen molar-refractivity contribution >= 4 is 18.3 Å². The number of carbonyl (C=O) groups excluding carboxylic acids is 1. The Hall–Kier alpha value is -1.06. The van der Waals surface area contributed by atoms with Crippen LogP contribution in [0.3, 0.4) is 0 Å². The molecular weight excluding hydrogens is 260 g/mol. The highest BCUT2D eigenvalue weighted by Crippen LogP contribution is 2.27. The van der Waals surface area contributed by atoms with Crippen molar-refractivity contribution in [2.45, 2.75) is 32.2 Å². The van der Waals surface area contributed by atoms with Crippen LogP contribution in [0.5, 0.6) is 0 Å². The van der Waals surface area contributed by atoms with E-state index in [1.54, 1.807) is 0 Å². The number of likely N-dealkylation sites (tertiary alicyclic amines) is 1. The van der Waals surface area contributed by atoms with Gasteiger partial charge in [-0.3, -0.25) is 4.79 Å². The molecule has 1 aromatic carbocycles. The maximum Gasteiger partial charge on any atom is 0.230 e. The molecule has 1 aromatic rings. The first-order valence-electron chi connectivity index (χ1n) is 6.69. The zero-order valence-corrected chi connectivity index (χ0v) is 12.4. The van der Waals surface area contributed by atoms with Gasteiger partial charge in [-0.15, -0.1) is 12.4 Å². The van der Waals surface area contributed by atoms with Crippen LogP contribution in [0.1, 0.15) is 31.7 Å². The smallest absolute Gasteiger partial charge is 0.230 e. The van der Waals surface area contributed by atoms with Gasteiger partial charge in [-0.05, 0) is 38.3 Å². The van der Waals surface area contributed by atoms with Crippen LogP contribution in [0.25, 0.3) is 0 Å². The van der Waals surface area contributed by atoms with Crippen LogP contribution in [0.15, 0.2) is 30.3 Å². The van der Waals surface area contributed by atoms with Crippen molar-refractivity contribution in [1.82, 2.24) is 4.90 Å². The Balaban J connectivity index is 0.00000180. The van der Waals surface area contributed by atoms with Crippen molar-refractivity contribution in [3.05, 3.63) is 35.9 Å². The first-order valence-corrected chi connectivity index (χ1v) is 6.69. The third kappa shape index (κ3) is 3.48. The Kier molecular flexibility index (Phi) is 5.83. The van der Waals surface area contributed by atoms with E-state index >= 15 is 0 Å². The number of nitrogens with two attached hydrogens (primary N) is 1. The normalized spacial score (nSPS) is 23.8. The Morgan fingerprint density at radius 2 is 2.05 bits per heavy atom. The van der Waals surface area contributed by atoms with Gasteiger partial charge >= 0.3 is 0 Å². The molecule has 106 valence electrons. The van der Waals surface area contributed by atoms with E-state index in [0.717, 1.165) is 18.5 Å². The number of carbonyl (C=O) groups is 1. The van der Waals surface area contributed by atoms with Crippen LogP contribution >= 0.6 is 12.4 Å². The number of rotatable bonds is 3. The Bertz CT molecular complexity index is 410. The highest BCUT2D eigenvalue weighted by molar-refractivity contribution is 5.85. The fourth-order valence-corrected chi connectivity index (χ4v) is 2.75. The number of hydrogen-bond acceptors (Lipinski definition) is 2. The lowest BCUT2D eigenvalue weighted by molar-refractivity contribution is -0.133. The van der Waals surface area contributed by atoms with E-state index in [0.29, 0.717) is 18.5 Å². The van der Waals surface area contributed by atoms with Crippen molar-refractivity contribution in [3.63, 3.8) is 0 Å². The van der Waals surface area contributed by atoms with Crippen molar-refractivity contribution in [3.8, 4) is 0 Å². The largest absolute Gasteiger partial charge is 0.339 e. The lowest BCUT2D eigenvalue weighted by Gasteiger charge is -2.25. The molecule has 3 nitrogen and oxygen atoms in total. The summed E-state index contributed by atoms with van der Waals surface area (Å²) in [6, 6.07) is 10.3. The second-order valence-corrected chi connectivity index (χ2v) is 5.31. The highest BCUT2D eigenvalue weighted by Gasteiger charge is 2.33. The fourth-order valence-electron chi connectivity index (χ4n) is 2.75. The molecule has 0 aromatic heterocycles. The number of benzene rings is 1. The SMILES string of the molecule is CC(C(=O)N1CC(CN)CC1C)c1ccccc1.Cl. The summed E-state index contributed by atoms with van der Waals surface area (Å²) < 4.78 is 0. The van der Waals surface area contributed by atoms with E-state index in [1.165, 1.54) is 0 Å². The molecule has 1 aliphatic heterocycles. The minimum absolute atomic E-state index is 0. The lowest BCUT2D eigenvalue weighted by atomic mass is 9.99. The van der Waals surface area contributed by atoms with Crippen LogP contribution in [0, 0.1) is 5.92 Å². The molecule has 1 aliphatic rings. The molecule has 0 saturated carbocycles. The predicted octanol–water partition coefficient (Wildman–Crippen LogP) is 2.41. The van der Waals surface area contributed by atoms with Crippen LogP contribution in [-0.4, -0.2) is 29.9 Å². The Labute approximate surface area is 121 Å². The summed E-state index contributed by atoms with van der Waals surface area (Å²) in [5.74, 6) is 0.627. The monoisotopic (exact) mass is 282 g/mol. The van der Waals surface area contributed by atoms with E-state index in [-0.39, 0.29) is 24.2 Å². The van der Waals surface area contributed by atoms with Crippen molar-refractivity contribution in [2.24, 2.45) is 11.7 Å².